The topological polar surface area (TPSA) is 89.2 Å². The molecular weight excluding hydrogens is 302 g/mol. The van der Waals surface area contributed by atoms with E-state index in [0.29, 0.717) is 17.7 Å². The molecule has 2 aromatic rings. The van der Waals surface area contributed by atoms with Gasteiger partial charge < -0.3 is 10.5 Å². The minimum absolute atomic E-state index is 0.317. The summed E-state index contributed by atoms with van der Waals surface area (Å²) in [5.74, 6) is 1.48. The molecule has 0 spiro atoms. The van der Waals surface area contributed by atoms with E-state index in [1.807, 2.05) is 12.1 Å². The summed E-state index contributed by atoms with van der Waals surface area (Å²) in [6, 6.07) is 6.27. The van der Waals surface area contributed by atoms with Crippen LogP contribution in [0.3, 0.4) is 0 Å². The lowest BCUT2D eigenvalue weighted by molar-refractivity contribution is 0.00408. The molecule has 3 rings (SSSR count). The van der Waals surface area contributed by atoms with Crippen LogP contribution in [-0.2, 0) is 11.2 Å². The molecule has 2 aromatic heterocycles. The molecule has 0 amide bonds. The molecule has 2 heterocycles. The van der Waals surface area contributed by atoms with Gasteiger partial charge in [-0.1, -0.05) is 13.8 Å². The summed E-state index contributed by atoms with van der Waals surface area (Å²) in [7, 11) is 1.62. The van der Waals surface area contributed by atoms with Gasteiger partial charge in [-0.05, 0) is 38.0 Å². The lowest BCUT2D eigenvalue weighted by atomic mass is 9.78. The summed E-state index contributed by atoms with van der Waals surface area (Å²) >= 11 is 0. The van der Waals surface area contributed by atoms with Crippen molar-refractivity contribution in [3.63, 3.8) is 0 Å². The van der Waals surface area contributed by atoms with Crippen molar-refractivity contribution in [1.82, 2.24) is 14.6 Å². The minimum Gasteiger partial charge on any atom is -0.384 e. The number of hydrogen-bond acceptors (Lipinski definition) is 5. The fourth-order valence-corrected chi connectivity index (χ4v) is 3.53. The monoisotopic (exact) mass is 327 g/mol. The first kappa shape index (κ1) is 16.7. The molecule has 0 radical (unpaired) electrons. The summed E-state index contributed by atoms with van der Waals surface area (Å²) in [4.78, 5) is 4.78. The van der Waals surface area contributed by atoms with Crippen molar-refractivity contribution < 1.29 is 4.74 Å². The summed E-state index contributed by atoms with van der Waals surface area (Å²) in [5.41, 5.74) is 8.39. The number of anilines is 1. The minimum atomic E-state index is -0.632. The Morgan fingerprint density at radius 1 is 1.42 bits per heavy atom. The molecule has 128 valence electrons. The lowest BCUT2D eigenvalue weighted by Gasteiger charge is -2.33. The highest BCUT2D eigenvalue weighted by atomic mass is 16.5. The SMILES string of the molecule is COC1(C#N)CCC(c2cc(N)n3nc(CC(C)C)cc3n2)CC1. The van der Waals surface area contributed by atoms with Crippen LogP contribution in [0.15, 0.2) is 12.1 Å². The number of aromatic nitrogens is 3. The third-order valence-electron chi connectivity index (χ3n) is 4.95. The molecule has 6 nitrogen and oxygen atoms in total. The number of nitrogen functional groups attached to an aromatic ring is 1. The second-order valence-electron chi connectivity index (χ2n) is 7.19. The number of methoxy groups -OCH3 is 1. The number of nitrogens with zero attached hydrogens (tertiary/aromatic N) is 4. The average molecular weight is 327 g/mol. The molecular formula is C18H25N5O. The molecule has 0 aromatic carbocycles. The Kier molecular flexibility index (Phi) is 4.46. The molecule has 2 N–H and O–H groups in total. The van der Waals surface area contributed by atoms with Gasteiger partial charge in [0.15, 0.2) is 11.2 Å². The van der Waals surface area contributed by atoms with Gasteiger partial charge >= 0.3 is 0 Å². The van der Waals surface area contributed by atoms with Gasteiger partial charge in [-0.15, -0.1) is 0 Å². The summed E-state index contributed by atoms with van der Waals surface area (Å²) in [5, 5.41) is 13.9. The fourth-order valence-electron chi connectivity index (χ4n) is 3.53. The number of fused-ring (bicyclic) bond motifs is 1. The van der Waals surface area contributed by atoms with Crippen LogP contribution >= 0.6 is 0 Å². The zero-order valence-corrected chi connectivity index (χ0v) is 14.6. The van der Waals surface area contributed by atoms with E-state index in [0.717, 1.165) is 49.1 Å². The van der Waals surface area contributed by atoms with E-state index < -0.39 is 5.60 Å². The normalized spacial score (nSPS) is 24.4. The van der Waals surface area contributed by atoms with E-state index >= 15 is 0 Å². The first-order valence-electron chi connectivity index (χ1n) is 8.58. The van der Waals surface area contributed by atoms with Gasteiger partial charge in [0, 0.05) is 30.9 Å². The van der Waals surface area contributed by atoms with Crippen molar-refractivity contribution in [3.8, 4) is 6.07 Å². The molecule has 6 heteroatoms. The fraction of sp³-hybridized carbons (Fsp3) is 0.611. The maximum absolute atomic E-state index is 9.34. The van der Waals surface area contributed by atoms with E-state index in [2.05, 4.69) is 25.0 Å². The Morgan fingerprint density at radius 3 is 2.71 bits per heavy atom. The number of ether oxygens (including phenoxy) is 1. The standard InChI is InChI=1S/C18H25N5O/c1-12(2)8-14-9-17-21-15(10-16(20)23(17)22-14)13-4-6-18(11-19,24-3)7-5-13/h9-10,12-13H,4-8,20H2,1-3H3. The van der Waals surface area contributed by atoms with Crippen LogP contribution in [0, 0.1) is 17.2 Å². The van der Waals surface area contributed by atoms with Gasteiger partial charge in [0.1, 0.15) is 5.82 Å². The quantitative estimate of drug-likeness (QED) is 0.932. The zero-order valence-electron chi connectivity index (χ0n) is 14.6. The molecule has 24 heavy (non-hydrogen) atoms. The third-order valence-corrected chi connectivity index (χ3v) is 4.95. The van der Waals surface area contributed by atoms with Crippen molar-refractivity contribution in [2.45, 2.75) is 57.5 Å². The van der Waals surface area contributed by atoms with Crippen LogP contribution in [0.4, 0.5) is 5.82 Å². The molecule has 0 saturated heterocycles. The second kappa shape index (κ2) is 6.40. The summed E-state index contributed by atoms with van der Waals surface area (Å²) in [6.07, 6.45) is 4.15. The van der Waals surface area contributed by atoms with Crippen molar-refractivity contribution >= 4 is 11.5 Å². The predicted molar refractivity (Wildman–Crippen MR) is 92.5 cm³/mol. The van der Waals surface area contributed by atoms with E-state index in [9.17, 15) is 5.26 Å². The highest BCUT2D eigenvalue weighted by Gasteiger charge is 2.36. The molecule has 0 unspecified atom stereocenters. The lowest BCUT2D eigenvalue weighted by Crippen LogP contribution is -2.34. The Hall–Kier alpha value is -2.13. The number of nitriles is 1. The van der Waals surface area contributed by atoms with Crippen LogP contribution in [-0.4, -0.2) is 27.3 Å². The zero-order chi connectivity index (χ0) is 17.3. The highest BCUT2D eigenvalue weighted by Crippen LogP contribution is 2.39. The first-order valence-corrected chi connectivity index (χ1v) is 8.58. The second-order valence-corrected chi connectivity index (χ2v) is 7.19. The highest BCUT2D eigenvalue weighted by molar-refractivity contribution is 5.49. The molecule has 0 bridgehead atoms. The smallest absolute Gasteiger partial charge is 0.157 e. The largest absolute Gasteiger partial charge is 0.384 e. The van der Waals surface area contributed by atoms with E-state index in [-0.39, 0.29) is 0 Å². The third kappa shape index (κ3) is 3.09. The van der Waals surface area contributed by atoms with Crippen LogP contribution in [0.25, 0.3) is 5.65 Å². The molecule has 0 aliphatic heterocycles. The van der Waals surface area contributed by atoms with E-state index in [1.165, 1.54) is 0 Å². The van der Waals surface area contributed by atoms with Crippen molar-refractivity contribution in [2.24, 2.45) is 5.92 Å². The first-order chi connectivity index (χ1) is 11.5. The maximum Gasteiger partial charge on any atom is 0.157 e. The van der Waals surface area contributed by atoms with Crippen LogP contribution in [0.2, 0.25) is 0 Å². The van der Waals surface area contributed by atoms with E-state index in [4.69, 9.17) is 15.5 Å². The van der Waals surface area contributed by atoms with Gasteiger partial charge in [0.05, 0.1) is 11.8 Å². The van der Waals surface area contributed by atoms with Gasteiger partial charge in [-0.3, -0.25) is 0 Å². The molecule has 1 fully saturated rings. The number of hydrogen-bond donors (Lipinski definition) is 1. The van der Waals surface area contributed by atoms with Crippen molar-refractivity contribution in [3.05, 3.63) is 23.5 Å². The van der Waals surface area contributed by atoms with Gasteiger partial charge in [0.25, 0.3) is 0 Å². The molecule has 1 aliphatic rings. The van der Waals surface area contributed by atoms with Crippen LogP contribution in [0.5, 0.6) is 0 Å². The van der Waals surface area contributed by atoms with E-state index in [1.54, 1.807) is 11.6 Å². The molecule has 1 aliphatic carbocycles. The summed E-state index contributed by atoms with van der Waals surface area (Å²) < 4.78 is 7.15. The number of rotatable bonds is 4. The van der Waals surface area contributed by atoms with Gasteiger partial charge in [0.2, 0.25) is 0 Å². The average Bonchev–Trinajstić information content (AvgIpc) is 2.97. The Labute approximate surface area is 142 Å². The van der Waals surface area contributed by atoms with Crippen LogP contribution in [0.1, 0.15) is 56.8 Å². The van der Waals surface area contributed by atoms with Gasteiger partial charge in [-0.25, -0.2) is 4.98 Å². The summed E-state index contributed by atoms with van der Waals surface area (Å²) in [6.45, 7) is 4.34. The van der Waals surface area contributed by atoms with Crippen molar-refractivity contribution in [2.75, 3.05) is 12.8 Å². The maximum atomic E-state index is 9.34. The molecule has 1 saturated carbocycles. The predicted octanol–water partition coefficient (Wildman–Crippen LogP) is 3.08. The Balaban J connectivity index is 1.85. The Morgan fingerprint density at radius 2 is 2.12 bits per heavy atom. The number of nitrogens with two attached hydrogens (primary N) is 1. The van der Waals surface area contributed by atoms with Gasteiger partial charge in [-0.2, -0.15) is 14.9 Å². The molecule has 0 atom stereocenters. The van der Waals surface area contributed by atoms with Crippen molar-refractivity contribution in [1.29, 1.82) is 5.26 Å². The van der Waals surface area contributed by atoms with Crippen LogP contribution < -0.4 is 5.73 Å². The Bertz CT molecular complexity index is 766.